The summed E-state index contributed by atoms with van der Waals surface area (Å²) in [4.78, 5) is 10.6. The van der Waals surface area contributed by atoms with Crippen molar-refractivity contribution in [1.82, 2.24) is 0 Å². The number of rotatable bonds is 5. The van der Waals surface area contributed by atoms with Gasteiger partial charge in [0, 0.05) is 13.0 Å². The minimum absolute atomic E-state index is 0.213. The molecule has 17 heavy (non-hydrogen) atoms. The van der Waals surface area contributed by atoms with E-state index in [1.54, 1.807) is 0 Å². The lowest BCUT2D eigenvalue weighted by Crippen LogP contribution is -1.94. The van der Waals surface area contributed by atoms with Crippen molar-refractivity contribution in [3.05, 3.63) is 47.5 Å². The van der Waals surface area contributed by atoms with Gasteiger partial charge in [0.15, 0.2) is 0 Å². The van der Waals surface area contributed by atoms with Crippen molar-refractivity contribution in [1.29, 1.82) is 0 Å². The summed E-state index contributed by atoms with van der Waals surface area (Å²) in [5, 5.41) is 11.2. The van der Waals surface area contributed by atoms with E-state index in [1.807, 2.05) is 18.2 Å². The van der Waals surface area contributed by atoms with Crippen LogP contribution in [-0.2, 0) is 17.6 Å². The van der Waals surface area contributed by atoms with Gasteiger partial charge in [-0.3, -0.25) is 0 Å². The Morgan fingerprint density at radius 2 is 1.65 bits per heavy atom. The Morgan fingerprint density at radius 1 is 1.00 bits per heavy atom. The maximum absolute atomic E-state index is 10.6. The number of aliphatic hydroxyl groups excluding tert-OH is 1. The van der Waals surface area contributed by atoms with E-state index in [2.05, 4.69) is 18.2 Å². The Morgan fingerprint density at radius 3 is 2.29 bits per heavy atom. The fourth-order valence-corrected chi connectivity index (χ4v) is 2.18. The summed E-state index contributed by atoms with van der Waals surface area (Å²) < 4.78 is 0. The molecule has 0 aliphatic rings. The maximum Gasteiger partial charge on any atom is 0.124 e. The Kier molecular flexibility index (Phi) is 3.89. The lowest BCUT2D eigenvalue weighted by atomic mass is 9.96. The van der Waals surface area contributed by atoms with E-state index in [-0.39, 0.29) is 6.61 Å². The van der Waals surface area contributed by atoms with Gasteiger partial charge in [0.2, 0.25) is 0 Å². The molecule has 1 N–H and O–H groups in total. The number of carbonyl (C=O) groups excluding carboxylic acids is 1. The monoisotopic (exact) mass is 228 g/mol. The summed E-state index contributed by atoms with van der Waals surface area (Å²) >= 11 is 0. The summed E-state index contributed by atoms with van der Waals surface area (Å²) in [6, 6.07) is 12.2. The second-order valence-corrected chi connectivity index (χ2v) is 4.13. The molecule has 2 aromatic rings. The van der Waals surface area contributed by atoms with E-state index in [1.165, 1.54) is 10.9 Å². The van der Waals surface area contributed by atoms with Crippen molar-refractivity contribution in [3.63, 3.8) is 0 Å². The zero-order valence-corrected chi connectivity index (χ0v) is 9.73. The van der Waals surface area contributed by atoms with E-state index in [0.29, 0.717) is 6.42 Å². The van der Waals surface area contributed by atoms with E-state index in [4.69, 9.17) is 5.11 Å². The molecule has 2 heteroatoms. The molecule has 0 unspecified atom stereocenters. The summed E-state index contributed by atoms with van der Waals surface area (Å²) in [7, 11) is 0. The van der Waals surface area contributed by atoms with Crippen molar-refractivity contribution in [2.24, 2.45) is 0 Å². The zero-order valence-electron chi connectivity index (χ0n) is 9.73. The molecule has 0 aromatic heterocycles. The van der Waals surface area contributed by atoms with Gasteiger partial charge in [-0.25, -0.2) is 0 Å². The second-order valence-electron chi connectivity index (χ2n) is 4.13. The van der Waals surface area contributed by atoms with Crippen molar-refractivity contribution >= 4 is 17.1 Å². The number of aryl methyl sites for hydroxylation is 1. The fourth-order valence-electron chi connectivity index (χ4n) is 2.18. The number of aliphatic hydroxyl groups is 1. The van der Waals surface area contributed by atoms with Crippen LogP contribution in [0.1, 0.15) is 17.5 Å². The minimum Gasteiger partial charge on any atom is -0.396 e. The molecule has 0 aliphatic heterocycles. The number of fused-ring (bicyclic) bond motifs is 1. The van der Waals surface area contributed by atoms with Crippen LogP contribution in [0, 0.1) is 0 Å². The Labute approximate surface area is 101 Å². The van der Waals surface area contributed by atoms with Crippen LogP contribution in [0.2, 0.25) is 0 Å². The predicted molar refractivity (Wildman–Crippen MR) is 69.1 cm³/mol. The highest BCUT2D eigenvalue weighted by atomic mass is 16.2. The summed E-state index contributed by atoms with van der Waals surface area (Å²) in [5.74, 6) is 0. The highest BCUT2D eigenvalue weighted by Gasteiger charge is 2.04. The predicted octanol–water partition coefficient (Wildman–Crippen LogP) is 2.51. The first-order valence-corrected chi connectivity index (χ1v) is 5.91. The molecular weight excluding hydrogens is 212 g/mol. The van der Waals surface area contributed by atoms with Crippen LogP contribution in [0.4, 0.5) is 0 Å². The molecule has 0 radical (unpaired) electrons. The molecule has 0 fully saturated rings. The topological polar surface area (TPSA) is 37.3 Å². The van der Waals surface area contributed by atoms with Crippen LogP contribution in [0.15, 0.2) is 36.4 Å². The Bertz CT molecular complexity index is 517. The van der Waals surface area contributed by atoms with Gasteiger partial charge in [-0.15, -0.1) is 0 Å². The number of carbonyl (C=O) groups is 1. The van der Waals surface area contributed by atoms with E-state index in [9.17, 15) is 4.79 Å². The summed E-state index contributed by atoms with van der Waals surface area (Å²) in [5.41, 5.74) is 2.31. The number of hydrogen-bond donors (Lipinski definition) is 1. The van der Waals surface area contributed by atoms with E-state index >= 15 is 0 Å². The minimum atomic E-state index is 0.213. The molecule has 2 nitrogen and oxygen atoms in total. The molecule has 0 heterocycles. The van der Waals surface area contributed by atoms with Crippen molar-refractivity contribution in [2.75, 3.05) is 6.61 Å². The van der Waals surface area contributed by atoms with Crippen molar-refractivity contribution in [2.45, 2.75) is 19.3 Å². The van der Waals surface area contributed by atoms with Crippen molar-refractivity contribution in [3.8, 4) is 0 Å². The summed E-state index contributed by atoms with van der Waals surface area (Å²) in [6.07, 6.45) is 3.05. The van der Waals surface area contributed by atoms with E-state index < -0.39 is 0 Å². The molecule has 0 saturated heterocycles. The second kappa shape index (κ2) is 5.60. The quantitative estimate of drug-likeness (QED) is 0.798. The molecule has 0 spiro atoms. The van der Waals surface area contributed by atoms with Gasteiger partial charge >= 0.3 is 0 Å². The molecule has 0 atom stereocenters. The first-order valence-electron chi connectivity index (χ1n) is 5.91. The largest absolute Gasteiger partial charge is 0.396 e. The van der Waals surface area contributed by atoms with Gasteiger partial charge in [0.1, 0.15) is 6.29 Å². The van der Waals surface area contributed by atoms with Crippen LogP contribution in [0.5, 0.6) is 0 Å². The maximum atomic E-state index is 10.6. The molecule has 0 aliphatic carbocycles. The normalized spacial score (nSPS) is 10.6. The lowest BCUT2D eigenvalue weighted by molar-refractivity contribution is -0.107. The molecule has 2 aromatic carbocycles. The molecule has 0 bridgehead atoms. The van der Waals surface area contributed by atoms with Crippen LogP contribution >= 0.6 is 0 Å². The van der Waals surface area contributed by atoms with Crippen LogP contribution in [-0.4, -0.2) is 18.0 Å². The number of aldehydes is 1. The first kappa shape index (κ1) is 11.8. The molecule has 2 rings (SSSR count). The standard InChI is InChI=1S/C15H16O2/c16-10-3-4-12-7-8-13(9-11-17)15-6-2-1-5-14(12)15/h1-2,5-8,11,16H,3-4,9-10H2. The molecular formula is C15H16O2. The zero-order chi connectivity index (χ0) is 12.1. The highest BCUT2D eigenvalue weighted by Crippen LogP contribution is 2.24. The molecule has 88 valence electrons. The highest BCUT2D eigenvalue weighted by molar-refractivity contribution is 5.90. The van der Waals surface area contributed by atoms with Gasteiger partial charge in [-0.05, 0) is 34.7 Å². The Balaban J connectivity index is 2.49. The van der Waals surface area contributed by atoms with Gasteiger partial charge < -0.3 is 9.90 Å². The van der Waals surface area contributed by atoms with E-state index in [0.717, 1.165) is 30.1 Å². The van der Waals surface area contributed by atoms with Gasteiger partial charge in [0.25, 0.3) is 0 Å². The average molecular weight is 228 g/mol. The lowest BCUT2D eigenvalue weighted by Gasteiger charge is -2.09. The number of hydrogen-bond acceptors (Lipinski definition) is 2. The van der Waals surface area contributed by atoms with Gasteiger partial charge in [0.05, 0.1) is 0 Å². The first-order chi connectivity index (χ1) is 8.36. The third-order valence-electron chi connectivity index (χ3n) is 3.01. The van der Waals surface area contributed by atoms with Gasteiger partial charge in [-0.1, -0.05) is 36.4 Å². The fraction of sp³-hybridized carbons (Fsp3) is 0.267. The SMILES string of the molecule is O=CCc1ccc(CCCO)c2ccccc12. The Hall–Kier alpha value is -1.67. The van der Waals surface area contributed by atoms with Crippen molar-refractivity contribution < 1.29 is 9.90 Å². The molecule has 0 amide bonds. The smallest absolute Gasteiger partial charge is 0.124 e. The third kappa shape index (κ3) is 2.53. The van der Waals surface area contributed by atoms with Crippen LogP contribution < -0.4 is 0 Å². The summed E-state index contributed by atoms with van der Waals surface area (Å²) in [6.45, 7) is 0.213. The van der Waals surface area contributed by atoms with Crippen LogP contribution in [0.3, 0.4) is 0 Å². The third-order valence-corrected chi connectivity index (χ3v) is 3.01. The number of benzene rings is 2. The van der Waals surface area contributed by atoms with Crippen LogP contribution in [0.25, 0.3) is 10.8 Å². The molecule has 0 saturated carbocycles. The average Bonchev–Trinajstić information content (AvgIpc) is 2.38. The van der Waals surface area contributed by atoms with Gasteiger partial charge in [-0.2, -0.15) is 0 Å².